The monoisotopic (exact) mass is 342 g/mol. The zero-order chi connectivity index (χ0) is 15.0. The Kier molecular flexibility index (Phi) is 3.40. The van der Waals surface area contributed by atoms with Crippen molar-refractivity contribution >= 4 is 27.6 Å². The van der Waals surface area contributed by atoms with Crippen molar-refractivity contribution in [1.82, 2.24) is 0 Å². The number of rotatable bonds is 2. The number of carbonyl (C=O) groups is 1. The van der Waals surface area contributed by atoms with E-state index >= 15 is 0 Å². The molecule has 0 spiro atoms. The first-order valence-corrected chi connectivity index (χ1v) is 7.18. The Morgan fingerprint density at radius 1 is 1.24 bits per heavy atom. The summed E-state index contributed by atoms with van der Waals surface area (Å²) in [5.41, 5.74) is 3.86. The maximum atomic E-state index is 11.0. The van der Waals surface area contributed by atoms with Gasteiger partial charge in [-0.1, -0.05) is 12.1 Å². The first-order chi connectivity index (χ1) is 10.1. The molecule has 21 heavy (non-hydrogen) atoms. The van der Waals surface area contributed by atoms with Gasteiger partial charge in [-0.15, -0.1) is 0 Å². The number of hydrogen-bond acceptors (Lipinski definition) is 3. The minimum atomic E-state index is -0.920. The highest BCUT2D eigenvalue weighted by Gasteiger charge is 2.23. The van der Waals surface area contributed by atoms with E-state index in [0.29, 0.717) is 24.2 Å². The van der Waals surface area contributed by atoms with E-state index in [-0.39, 0.29) is 0 Å². The normalized spacial score (nSPS) is 12.9. The van der Waals surface area contributed by atoms with Gasteiger partial charge in [0.1, 0.15) is 6.07 Å². The van der Waals surface area contributed by atoms with E-state index in [1.54, 1.807) is 12.1 Å². The minimum absolute atomic E-state index is 0.297. The third kappa shape index (κ3) is 2.39. The third-order valence-electron chi connectivity index (χ3n) is 3.62. The Hall–Kier alpha value is -2.32. The van der Waals surface area contributed by atoms with Crippen LogP contribution in [0.15, 0.2) is 40.9 Å². The summed E-state index contributed by atoms with van der Waals surface area (Å²) in [4.78, 5) is 13.1. The second-order valence-corrected chi connectivity index (χ2v) is 5.74. The molecule has 2 aromatic rings. The van der Waals surface area contributed by atoms with Crippen LogP contribution in [-0.4, -0.2) is 11.1 Å². The van der Waals surface area contributed by atoms with Crippen molar-refractivity contribution in [3.63, 3.8) is 0 Å². The van der Waals surface area contributed by atoms with Gasteiger partial charge >= 0.3 is 5.97 Å². The first-order valence-electron chi connectivity index (χ1n) is 6.39. The van der Waals surface area contributed by atoms with Gasteiger partial charge in [-0.25, -0.2) is 4.79 Å². The van der Waals surface area contributed by atoms with Gasteiger partial charge in [0.2, 0.25) is 0 Å². The molecule has 0 aromatic heterocycles. The van der Waals surface area contributed by atoms with Crippen LogP contribution >= 0.6 is 15.9 Å². The van der Waals surface area contributed by atoms with Crippen LogP contribution in [0.1, 0.15) is 27.0 Å². The molecule has 3 rings (SSSR count). The quantitative estimate of drug-likeness (QED) is 0.906. The molecule has 0 bridgehead atoms. The Morgan fingerprint density at radius 2 is 2.00 bits per heavy atom. The molecule has 1 aliphatic heterocycles. The number of carboxylic acid groups (broad SMARTS) is 1. The topological polar surface area (TPSA) is 64.3 Å². The van der Waals surface area contributed by atoms with Crippen LogP contribution in [0.4, 0.5) is 5.69 Å². The van der Waals surface area contributed by atoms with Crippen LogP contribution < -0.4 is 4.90 Å². The fourth-order valence-electron chi connectivity index (χ4n) is 2.58. The fourth-order valence-corrected chi connectivity index (χ4v) is 3.03. The Bertz CT molecular complexity index is 780. The van der Waals surface area contributed by atoms with Gasteiger partial charge in [-0.2, -0.15) is 5.26 Å². The van der Waals surface area contributed by atoms with Crippen molar-refractivity contribution in [1.29, 1.82) is 5.26 Å². The van der Waals surface area contributed by atoms with E-state index in [9.17, 15) is 10.1 Å². The molecule has 0 radical (unpaired) electrons. The predicted molar refractivity (Wildman–Crippen MR) is 82.1 cm³/mol. The van der Waals surface area contributed by atoms with Crippen LogP contribution in [0, 0.1) is 11.3 Å². The van der Waals surface area contributed by atoms with Crippen LogP contribution in [0.2, 0.25) is 0 Å². The molecule has 0 atom stereocenters. The molecule has 5 heteroatoms. The predicted octanol–water partition coefficient (Wildman–Crippen LogP) is 3.54. The number of hydrogen-bond donors (Lipinski definition) is 1. The zero-order valence-electron chi connectivity index (χ0n) is 11.0. The van der Waals surface area contributed by atoms with Crippen LogP contribution in [0.3, 0.4) is 0 Å². The molecule has 2 aromatic carbocycles. The lowest BCUT2D eigenvalue weighted by Crippen LogP contribution is -2.15. The molecule has 0 unspecified atom stereocenters. The van der Waals surface area contributed by atoms with Gasteiger partial charge in [0.05, 0.1) is 16.8 Å². The van der Waals surface area contributed by atoms with Crippen LogP contribution in [-0.2, 0) is 13.1 Å². The van der Waals surface area contributed by atoms with Gasteiger partial charge in [0.25, 0.3) is 0 Å². The standard InChI is InChI=1S/C16H11BrN2O2/c17-14-2-1-3-15(13(14)7-18)19-8-11-5-4-10(16(20)21)6-12(11)9-19/h1-6H,8-9H2,(H,20,21). The van der Waals surface area contributed by atoms with E-state index < -0.39 is 5.97 Å². The third-order valence-corrected chi connectivity index (χ3v) is 4.28. The molecular formula is C16H11BrN2O2. The molecular weight excluding hydrogens is 332 g/mol. The SMILES string of the molecule is N#Cc1c(Br)cccc1N1Cc2ccc(C(=O)O)cc2C1. The van der Waals surface area contributed by atoms with Gasteiger partial charge < -0.3 is 10.0 Å². The molecule has 1 aliphatic rings. The van der Waals surface area contributed by atoms with Crippen LogP contribution in [0.5, 0.6) is 0 Å². The summed E-state index contributed by atoms with van der Waals surface area (Å²) in [5.74, 6) is -0.920. The lowest BCUT2D eigenvalue weighted by Gasteiger charge is -2.19. The van der Waals surface area contributed by atoms with Crippen molar-refractivity contribution < 1.29 is 9.90 Å². The largest absolute Gasteiger partial charge is 0.478 e. The zero-order valence-corrected chi connectivity index (χ0v) is 12.6. The minimum Gasteiger partial charge on any atom is -0.478 e. The van der Waals surface area contributed by atoms with Crippen molar-refractivity contribution in [2.24, 2.45) is 0 Å². The maximum absolute atomic E-state index is 11.0. The van der Waals surface area contributed by atoms with Gasteiger partial charge in [-0.3, -0.25) is 0 Å². The Balaban J connectivity index is 1.97. The molecule has 0 saturated heterocycles. The van der Waals surface area contributed by atoms with Crippen LogP contribution in [0.25, 0.3) is 0 Å². The first kappa shape index (κ1) is 13.7. The molecule has 4 nitrogen and oxygen atoms in total. The van der Waals surface area contributed by atoms with Gasteiger partial charge in [0.15, 0.2) is 0 Å². The number of carboxylic acids is 1. The van der Waals surface area contributed by atoms with Gasteiger partial charge in [0, 0.05) is 17.6 Å². The Labute approximate surface area is 130 Å². The lowest BCUT2D eigenvalue weighted by molar-refractivity contribution is 0.0697. The fraction of sp³-hybridized carbons (Fsp3) is 0.125. The van der Waals surface area contributed by atoms with E-state index in [2.05, 4.69) is 26.9 Å². The summed E-state index contributed by atoms with van der Waals surface area (Å²) >= 11 is 3.39. The van der Waals surface area contributed by atoms with Gasteiger partial charge in [-0.05, 0) is 51.3 Å². The average molecular weight is 343 g/mol. The molecule has 0 fully saturated rings. The lowest BCUT2D eigenvalue weighted by atomic mass is 10.1. The van der Waals surface area contributed by atoms with E-state index in [1.165, 1.54) is 0 Å². The summed E-state index contributed by atoms with van der Waals surface area (Å²) in [5, 5.41) is 18.4. The van der Waals surface area contributed by atoms with Crippen molar-refractivity contribution in [3.8, 4) is 6.07 Å². The average Bonchev–Trinajstić information content (AvgIpc) is 2.89. The molecule has 1 N–H and O–H groups in total. The highest BCUT2D eigenvalue weighted by atomic mass is 79.9. The summed E-state index contributed by atoms with van der Waals surface area (Å²) in [6, 6.07) is 13.0. The second kappa shape index (κ2) is 5.23. The summed E-state index contributed by atoms with van der Waals surface area (Å²) in [6.07, 6.45) is 0. The number of halogens is 1. The highest BCUT2D eigenvalue weighted by Crippen LogP contribution is 2.33. The number of nitrogens with zero attached hydrogens (tertiary/aromatic N) is 2. The number of benzene rings is 2. The second-order valence-electron chi connectivity index (χ2n) is 4.89. The van der Waals surface area contributed by atoms with E-state index in [4.69, 9.17) is 5.11 Å². The summed E-state index contributed by atoms with van der Waals surface area (Å²) < 4.78 is 0.768. The molecule has 1 heterocycles. The van der Waals surface area contributed by atoms with Crippen molar-refractivity contribution in [3.05, 3.63) is 63.1 Å². The maximum Gasteiger partial charge on any atom is 0.335 e. The molecule has 0 saturated carbocycles. The molecule has 0 aliphatic carbocycles. The number of fused-ring (bicyclic) bond motifs is 1. The highest BCUT2D eigenvalue weighted by molar-refractivity contribution is 9.10. The van der Waals surface area contributed by atoms with Crippen molar-refractivity contribution in [2.75, 3.05) is 4.90 Å². The summed E-state index contributed by atoms with van der Waals surface area (Å²) in [6.45, 7) is 1.29. The summed E-state index contributed by atoms with van der Waals surface area (Å²) in [7, 11) is 0. The Morgan fingerprint density at radius 3 is 2.71 bits per heavy atom. The molecule has 0 amide bonds. The van der Waals surface area contributed by atoms with E-state index in [0.717, 1.165) is 21.3 Å². The molecule has 104 valence electrons. The number of aromatic carboxylic acids is 1. The van der Waals surface area contributed by atoms with Crippen molar-refractivity contribution in [2.45, 2.75) is 13.1 Å². The number of nitriles is 1. The number of anilines is 1. The van der Waals surface area contributed by atoms with E-state index in [1.807, 2.05) is 24.3 Å². The smallest absolute Gasteiger partial charge is 0.335 e.